The van der Waals surface area contributed by atoms with Crippen molar-refractivity contribution in [2.24, 2.45) is 0 Å². The Balaban J connectivity index is 4.48. The Kier molecular flexibility index (Phi) is 55.3. The van der Waals surface area contributed by atoms with Gasteiger partial charge in [-0.15, -0.1) is 0 Å². The first-order valence-electron chi connectivity index (χ1n) is 29.6. The van der Waals surface area contributed by atoms with Crippen LogP contribution in [0.1, 0.15) is 284 Å². The molecule has 0 heterocycles. The smallest absolute Gasteiger partial charge is 0.306 e. The highest BCUT2D eigenvalue weighted by molar-refractivity contribution is 5.71. The first kappa shape index (κ1) is 66.6. The lowest BCUT2D eigenvalue weighted by molar-refractivity contribution is -0.166. The van der Waals surface area contributed by atoms with E-state index in [1.54, 1.807) is 0 Å². The lowest BCUT2D eigenvalue weighted by Gasteiger charge is -2.18. The number of rotatable bonds is 53. The molecule has 0 bridgehead atoms. The summed E-state index contributed by atoms with van der Waals surface area (Å²) in [6.07, 6.45) is 75.8. The molecule has 0 fully saturated rings. The van der Waals surface area contributed by atoms with Gasteiger partial charge in [-0.1, -0.05) is 266 Å². The molecule has 0 aliphatic heterocycles. The molecule has 0 amide bonds. The summed E-state index contributed by atoms with van der Waals surface area (Å²) in [7, 11) is 0. The Labute approximate surface area is 433 Å². The van der Waals surface area contributed by atoms with Crippen LogP contribution in [-0.2, 0) is 28.6 Å². The van der Waals surface area contributed by atoms with Crippen LogP contribution in [0.4, 0.5) is 0 Å². The molecular weight excluding hydrogens is 865 g/mol. The van der Waals surface area contributed by atoms with Crippen LogP contribution >= 0.6 is 0 Å². The summed E-state index contributed by atoms with van der Waals surface area (Å²) in [6, 6.07) is 0. The zero-order valence-corrected chi connectivity index (χ0v) is 46.0. The van der Waals surface area contributed by atoms with E-state index in [-0.39, 0.29) is 37.5 Å². The van der Waals surface area contributed by atoms with Gasteiger partial charge in [-0.2, -0.15) is 0 Å². The van der Waals surface area contributed by atoms with E-state index in [1.165, 1.54) is 161 Å². The summed E-state index contributed by atoms with van der Waals surface area (Å²) in [4.78, 5) is 38.2. The molecule has 0 aliphatic carbocycles. The van der Waals surface area contributed by atoms with Crippen molar-refractivity contribution < 1.29 is 28.6 Å². The van der Waals surface area contributed by atoms with Gasteiger partial charge >= 0.3 is 17.9 Å². The van der Waals surface area contributed by atoms with E-state index in [2.05, 4.69) is 99.8 Å². The Morgan fingerprint density at radius 3 is 0.957 bits per heavy atom. The van der Waals surface area contributed by atoms with Crippen molar-refractivity contribution in [3.05, 3.63) is 85.1 Å². The molecule has 0 saturated carbocycles. The average Bonchev–Trinajstić information content (AvgIpc) is 3.36. The number of carbonyl (C=O) groups is 3. The minimum absolute atomic E-state index is 0.0991. The first-order valence-corrected chi connectivity index (χ1v) is 29.6. The second kappa shape index (κ2) is 58.2. The molecule has 0 rings (SSSR count). The van der Waals surface area contributed by atoms with Crippen molar-refractivity contribution in [1.29, 1.82) is 0 Å². The maximum atomic E-state index is 12.9. The summed E-state index contributed by atoms with van der Waals surface area (Å²) in [5.41, 5.74) is 0. The van der Waals surface area contributed by atoms with Crippen LogP contribution in [0.15, 0.2) is 85.1 Å². The van der Waals surface area contributed by atoms with Crippen molar-refractivity contribution in [1.82, 2.24) is 0 Å². The molecule has 0 N–H and O–H groups in total. The van der Waals surface area contributed by atoms with Gasteiger partial charge in [0.1, 0.15) is 13.2 Å². The topological polar surface area (TPSA) is 78.9 Å². The second-order valence-electron chi connectivity index (χ2n) is 19.5. The molecule has 0 aromatic carbocycles. The van der Waals surface area contributed by atoms with E-state index >= 15 is 0 Å². The molecule has 0 spiro atoms. The minimum Gasteiger partial charge on any atom is -0.462 e. The van der Waals surface area contributed by atoms with Crippen molar-refractivity contribution in [3.63, 3.8) is 0 Å². The van der Waals surface area contributed by atoms with Crippen LogP contribution in [0.25, 0.3) is 0 Å². The van der Waals surface area contributed by atoms with Crippen molar-refractivity contribution in [2.75, 3.05) is 13.2 Å². The van der Waals surface area contributed by atoms with E-state index in [0.29, 0.717) is 19.3 Å². The van der Waals surface area contributed by atoms with Crippen molar-refractivity contribution in [2.45, 2.75) is 290 Å². The Hall–Kier alpha value is -3.41. The highest BCUT2D eigenvalue weighted by atomic mass is 16.6. The molecule has 1 atom stereocenters. The fourth-order valence-corrected chi connectivity index (χ4v) is 8.23. The van der Waals surface area contributed by atoms with Crippen LogP contribution in [0.3, 0.4) is 0 Å². The van der Waals surface area contributed by atoms with E-state index < -0.39 is 6.10 Å². The van der Waals surface area contributed by atoms with E-state index in [9.17, 15) is 14.4 Å². The molecule has 6 nitrogen and oxygen atoms in total. The summed E-state index contributed by atoms with van der Waals surface area (Å²) < 4.78 is 16.8. The van der Waals surface area contributed by atoms with Crippen LogP contribution in [0.5, 0.6) is 0 Å². The lowest BCUT2D eigenvalue weighted by atomic mass is 10.0. The molecule has 0 saturated heterocycles. The maximum absolute atomic E-state index is 12.9. The van der Waals surface area contributed by atoms with Gasteiger partial charge in [0.05, 0.1) is 0 Å². The molecule has 6 heteroatoms. The minimum atomic E-state index is -0.808. The molecular formula is C64H110O6. The van der Waals surface area contributed by atoms with Gasteiger partial charge < -0.3 is 14.2 Å². The van der Waals surface area contributed by atoms with Crippen LogP contribution in [0.2, 0.25) is 0 Å². The number of unbranched alkanes of at least 4 members (excludes halogenated alkanes) is 28. The van der Waals surface area contributed by atoms with Gasteiger partial charge in [-0.05, 0) is 83.5 Å². The zero-order valence-electron chi connectivity index (χ0n) is 46.0. The van der Waals surface area contributed by atoms with Gasteiger partial charge in [0, 0.05) is 19.3 Å². The Morgan fingerprint density at radius 1 is 0.300 bits per heavy atom. The number of carbonyl (C=O) groups excluding carboxylic acids is 3. The number of hydrogen-bond donors (Lipinski definition) is 0. The highest BCUT2D eigenvalue weighted by Gasteiger charge is 2.19. The van der Waals surface area contributed by atoms with Crippen molar-refractivity contribution in [3.8, 4) is 0 Å². The second-order valence-corrected chi connectivity index (χ2v) is 19.5. The largest absolute Gasteiger partial charge is 0.462 e. The summed E-state index contributed by atoms with van der Waals surface area (Å²) in [5.74, 6) is -0.982. The normalized spacial score (nSPS) is 12.7. The predicted octanol–water partition coefficient (Wildman–Crippen LogP) is 19.9. The third-order valence-electron chi connectivity index (χ3n) is 12.6. The predicted molar refractivity (Wildman–Crippen MR) is 302 cm³/mol. The average molecular weight is 976 g/mol. The molecule has 0 aliphatic rings. The van der Waals surface area contributed by atoms with E-state index in [4.69, 9.17) is 14.2 Å². The van der Waals surface area contributed by atoms with E-state index in [0.717, 1.165) is 77.0 Å². The number of hydrogen-bond acceptors (Lipinski definition) is 6. The summed E-state index contributed by atoms with van der Waals surface area (Å²) >= 11 is 0. The van der Waals surface area contributed by atoms with Gasteiger partial charge in [-0.3, -0.25) is 14.4 Å². The summed E-state index contributed by atoms with van der Waals surface area (Å²) in [5, 5.41) is 0. The quantitative estimate of drug-likeness (QED) is 0.0261. The SMILES string of the molecule is CC/C=C\C/C=C\C/C=C\C/C=C\C/C=C\C/C=C\CCC(=O)OC[C@@H](COC(=O)CCCCCCCCCCCCCCCCCC)OC(=O)CCCCCCCCC/C=C\CCCCCCCC. The molecule has 70 heavy (non-hydrogen) atoms. The number of allylic oxidation sites excluding steroid dienone is 14. The third kappa shape index (κ3) is 55.5. The fraction of sp³-hybridized carbons (Fsp3) is 0.734. The Bertz CT molecular complexity index is 1350. The standard InChI is InChI=1S/C64H110O6/c1-4-7-10-13-16-19-22-25-28-31-32-34-36-39-42-45-48-51-54-57-63(66)69-60-61(59-68-62(65)56-53-50-47-44-41-38-35-30-27-24-21-18-15-12-9-6-3)70-64(67)58-55-52-49-46-43-40-37-33-29-26-23-20-17-14-11-8-5-2/h7,10,16,19,25-26,28-29,32,34,39,42,48,51,61H,4-6,8-9,11-15,17-18,20-24,27,30-31,33,35-38,40-41,43-47,49-50,52-60H2,1-3H3/b10-7-,19-16-,28-25-,29-26-,34-32-,42-39-,51-48-/t61-/m1/s1. The molecule has 0 aromatic heterocycles. The van der Waals surface area contributed by atoms with Crippen LogP contribution in [0, 0.1) is 0 Å². The van der Waals surface area contributed by atoms with E-state index in [1.807, 2.05) is 6.08 Å². The maximum Gasteiger partial charge on any atom is 0.306 e. The van der Waals surface area contributed by atoms with Gasteiger partial charge in [0.15, 0.2) is 6.10 Å². The molecule has 402 valence electrons. The number of esters is 3. The van der Waals surface area contributed by atoms with Crippen molar-refractivity contribution >= 4 is 17.9 Å². The molecule has 0 aromatic rings. The fourth-order valence-electron chi connectivity index (χ4n) is 8.23. The Morgan fingerprint density at radius 2 is 0.586 bits per heavy atom. The molecule has 0 radical (unpaired) electrons. The third-order valence-corrected chi connectivity index (χ3v) is 12.6. The van der Waals surface area contributed by atoms with Gasteiger partial charge in [-0.25, -0.2) is 0 Å². The zero-order chi connectivity index (χ0) is 50.7. The lowest BCUT2D eigenvalue weighted by Crippen LogP contribution is -2.30. The van der Waals surface area contributed by atoms with Gasteiger partial charge in [0.2, 0.25) is 0 Å². The number of ether oxygens (including phenoxy) is 3. The molecule has 0 unspecified atom stereocenters. The monoisotopic (exact) mass is 975 g/mol. The van der Waals surface area contributed by atoms with Crippen LogP contribution in [-0.4, -0.2) is 37.2 Å². The highest BCUT2D eigenvalue weighted by Crippen LogP contribution is 2.16. The van der Waals surface area contributed by atoms with Gasteiger partial charge in [0.25, 0.3) is 0 Å². The van der Waals surface area contributed by atoms with Crippen LogP contribution < -0.4 is 0 Å². The first-order chi connectivity index (χ1) is 34.5. The summed E-state index contributed by atoms with van der Waals surface area (Å²) in [6.45, 7) is 6.48.